The lowest BCUT2D eigenvalue weighted by Gasteiger charge is -2.42. The fourth-order valence-corrected chi connectivity index (χ4v) is 7.96. The second kappa shape index (κ2) is 8.89. The fourth-order valence-electron chi connectivity index (χ4n) is 7.96. The normalized spacial score (nSPS) is 35.5. The van der Waals surface area contributed by atoms with Crippen molar-refractivity contribution in [1.82, 2.24) is 31.2 Å². The topological polar surface area (TPSA) is 98.8 Å². The van der Waals surface area contributed by atoms with Gasteiger partial charge in [-0.2, -0.15) is 5.53 Å². The number of nitrogens with zero attached hydrogens (tertiary/aromatic N) is 3. The Balaban J connectivity index is 0.931. The summed E-state index contributed by atoms with van der Waals surface area (Å²) >= 11 is 0. The quantitative estimate of drug-likeness (QED) is 0.559. The highest BCUT2D eigenvalue weighted by Crippen LogP contribution is 2.54. The predicted octanol–water partition coefficient (Wildman–Crippen LogP) is 1.95. The van der Waals surface area contributed by atoms with Crippen LogP contribution in [0.1, 0.15) is 42.6 Å². The molecule has 8 rings (SSSR count). The summed E-state index contributed by atoms with van der Waals surface area (Å²) in [5.74, 6) is 3.71. The molecule has 1 aromatic carbocycles. The van der Waals surface area contributed by atoms with Crippen molar-refractivity contribution in [3.05, 3.63) is 36.0 Å². The number of hydrogen-bond donors (Lipinski definition) is 3. The number of benzene rings is 1. The molecule has 38 heavy (non-hydrogen) atoms. The Morgan fingerprint density at radius 2 is 1.61 bits per heavy atom. The molecule has 9 nitrogen and oxygen atoms in total. The summed E-state index contributed by atoms with van der Waals surface area (Å²) < 4.78 is 6.09. The van der Waals surface area contributed by atoms with E-state index in [0.717, 1.165) is 56.2 Å². The minimum Gasteiger partial charge on any atom is -0.477 e. The molecule has 2 amide bonds. The van der Waals surface area contributed by atoms with Crippen LogP contribution in [0.4, 0.5) is 0 Å². The van der Waals surface area contributed by atoms with Crippen LogP contribution in [0.3, 0.4) is 0 Å². The lowest BCUT2D eigenvalue weighted by atomic mass is 9.60. The molecule has 3 saturated carbocycles. The van der Waals surface area contributed by atoms with Gasteiger partial charge in [0.25, 0.3) is 5.91 Å². The molecule has 6 fully saturated rings. The van der Waals surface area contributed by atoms with Crippen LogP contribution in [-0.2, 0) is 4.79 Å². The minimum absolute atomic E-state index is 0.00970. The first-order valence-corrected chi connectivity index (χ1v) is 14.5. The summed E-state index contributed by atoms with van der Waals surface area (Å²) in [6, 6.07) is 10.7. The van der Waals surface area contributed by atoms with E-state index in [9.17, 15) is 9.59 Å². The van der Waals surface area contributed by atoms with Gasteiger partial charge in [-0.25, -0.2) is 15.8 Å². The van der Waals surface area contributed by atoms with Gasteiger partial charge in [0, 0.05) is 49.6 Å². The highest BCUT2D eigenvalue weighted by atomic mass is 16.5. The maximum Gasteiger partial charge on any atom is 0.272 e. The van der Waals surface area contributed by atoms with Gasteiger partial charge in [-0.15, -0.1) is 0 Å². The van der Waals surface area contributed by atoms with Gasteiger partial charge in [0.1, 0.15) is 5.69 Å². The summed E-state index contributed by atoms with van der Waals surface area (Å²) in [5.41, 5.74) is 10.0. The lowest BCUT2D eigenvalue weighted by molar-refractivity contribution is -0.136. The van der Waals surface area contributed by atoms with Gasteiger partial charge in [-0.1, -0.05) is 18.2 Å². The zero-order valence-electron chi connectivity index (χ0n) is 21.6. The van der Waals surface area contributed by atoms with E-state index in [-0.39, 0.29) is 11.8 Å². The van der Waals surface area contributed by atoms with Crippen molar-refractivity contribution in [2.24, 2.45) is 35.5 Å². The molecule has 2 unspecified atom stereocenters. The standard InChI is InChI=1S/C29H36N6O3/c36-28(18-7-8-24-25(10-18)32-33-31-24)34-11-20-21(12-34)23-14-35(13-22(20)23)29(37)26-9-17-3-1-2-4-19(17)27(30-26)38-15-16-5-6-16/h1-4,9,16,18,20-25,31-33H,5-8,10-15H2/t18-,20-,21+,22+,23-,24?,25?/m1/s1. The SMILES string of the molecule is O=C(c1cc2ccccc2c(OCC2CC2)n1)N1C[C@@H]2[C@H](C1)[C@H]1CN(C(=O)[C@@H]3CCC4NNNC4C3)C[C@@H]21. The van der Waals surface area contributed by atoms with Gasteiger partial charge in [-0.05, 0) is 79.2 Å². The molecule has 3 aliphatic heterocycles. The number of amides is 2. The molecule has 9 heteroatoms. The van der Waals surface area contributed by atoms with Gasteiger partial charge >= 0.3 is 0 Å². The van der Waals surface area contributed by atoms with Crippen LogP contribution in [-0.4, -0.2) is 71.5 Å². The second-order valence-electron chi connectivity index (χ2n) is 12.5. The average molecular weight is 517 g/mol. The minimum atomic E-state index is 0.00970. The second-order valence-corrected chi connectivity index (χ2v) is 12.5. The summed E-state index contributed by atoms with van der Waals surface area (Å²) in [6.07, 6.45) is 5.32. The fraction of sp³-hybridized carbons (Fsp3) is 0.621. The molecule has 2 aromatic rings. The third-order valence-electron chi connectivity index (χ3n) is 10.3. The predicted molar refractivity (Wildman–Crippen MR) is 141 cm³/mol. The number of fused-ring (bicyclic) bond motifs is 6. The zero-order chi connectivity index (χ0) is 25.4. The van der Waals surface area contributed by atoms with Crippen molar-refractivity contribution in [2.45, 2.75) is 44.2 Å². The molecule has 0 spiro atoms. The summed E-state index contributed by atoms with van der Waals surface area (Å²) in [6.45, 7) is 3.93. The Kier molecular flexibility index (Phi) is 5.42. The summed E-state index contributed by atoms with van der Waals surface area (Å²) in [5, 5.41) is 1.97. The van der Waals surface area contributed by atoms with Gasteiger partial charge in [0.05, 0.1) is 6.61 Å². The Morgan fingerprint density at radius 3 is 2.37 bits per heavy atom. The van der Waals surface area contributed by atoms with Crippen LogP contribution in [0.5, 0.6) is 5.88 Å². The molecule has 6 aliphatic rings. The van der Waals surface area contributed by atoms with E-state index in [1.54, 1.807) is 0 Å². The van der Waals surface area contributed by atoms with E-state index >= 15 is 0 Å². The number of nitrogens with one attached hydrogen (secondary N) is 3. The number of rotatable bonds is 5. The van der Waals surface area contributed by atoms with Gasteiger partial charge in [-0.3, -0.25) is 9.59 Å². The van der Waals surface area contributed by atoms with Crippen LogP contribution < -0.4 is 21.1 Å². The van der Waals surface area contributed by atoms with Crippen LogP contribution >= 0.6 is 0 Å². The van der Waals surface area contributed by atoms with Gasteiger partial charge in [0.2, 0.25) is 11.8 Å². The molecule has 0 bridgehead atoms. The number of carbonyl (C=O) groups excluding carboxylic acids is 2. The number of pyridine rings is 1. The molecule has 200 valence electrons. The van der Waals surface area contributed by atoms with E-state index < -0.39 is 0 Å². The zero-order valence-corrected chi connectivity index (χ0v) is 21.6. The van der Waals surface area contributed by atoms with E-state index in [4.69, 9.17) is 9.72 Å². The third kappa shape index (κ3) is 3.81. The Labute approximate surface area is 222 Å². The molecule has 3 aliphatic carbocycles. The van der Waals surface area contributed by atoms with Crippen LogP contribution in [0, 0.1) is 35.5 Å². The molecule has 3 saturated heterocycles. The molecule has 3 N–H and O–H groups in total. The lowest BCUT2D eigenvalue weighted by Crippen LogP contribution is -2.45. The number of hydrogen-bond acceptors (Lipinski definition) is 7. The average Bonchev–Trinajstić information content (AvgIpc) is 3.33. The van der Waals surface area contributed by atoms with Crippen LogP contribution in [0.15, 0.2) is 30.3 Å². The Bertz CT molecular complexity index is 1260. The summed E-state index contributed by atoms with van der Waals surface area (Å²) in [7, 11) is 0. The maximum absolute atomic E-state index is 13.6. The molecule has 0 radical (unpaired) electrons. The van der Waals surface area contributed by atoms with Crippen molar-refractivity contribution in [3.8, 4) is 5.88 Å². The number of ether oxygens (including phenoxy) is 1. The van der Waals surface area contributed by atoms with Crippen molar-refractivity contribution >= 4 is 22.6 Å². The molecule has 7 atom stereocenters. The van der Waals surface area contributed by atoms with Crippen molar-refractivity contribution in [3.63, 3.8) is 0 Å². The number of carbonyl (C=O) groups is 2. The highest BCUT2D eigenvalue weighted by Gasteiger charge is 2.59. The van der Waals surface area contributed by atoms with Crippen molar-refractivity contribution in [1.29, 1.82) is 0 Å². The van der Waals surface area contributed by atoms with E-state index in [1.165, 1.54) is 12.8 Å². The first kappa shape index (κ1) is 23.2. The number of aromatic nitrogens is 1. The first-order valence-electron chi connectivity index (χ1n) is 14.5. The molecule has 4 heterocycles. The number of likely N-dealkylation sites (tertiary alicyclic amines) is 2. The van der Waals surface area contributed by atoms with E-state index in [2.05, 4.69) is 21.3 Å². The van der Waals surface area contributed by atoms with Crippen LogP contribution in [0.2, 0.25) is 0 Å². The highest BCUT2D eigenvalue weighted by molar-refractivity contribution is 5.98. The van der Waals surface area contributed by atoms with E-state index in [0.29, 0.717) is 65.8 Å². The van der Waals surface area contributed by atoms with Crippen molar-refractivity contribution < 1.29 is 14.3 Å². The van der Waals surface area contributed by atoms with Gasteiger partial charge in [0.15, 0.2) is 0 Å². The smallest absolute Gasteiger partial charge is 0.272 e. The van der Waals surface area contributed by atoms with Crippen LogP contribution in [0.25, 0.3) is 10.8 Å². The maximum atomic E-state index is 13.6. The molecule has 1 aromatic heterocycles. The third-order valence-corrected chi connectivity index (χ3v) is 10.3. The largest absolute Gasteiger partial charge is 0.477 e. The molecular formula is C29H36N6O3. The summed E-state index contributed by atoms with van der Waals surface area (Å²) in [4.78, 5) is 35.9. The Morgan fingerprint density at radius 1 is 0.895 bits per heavy atom. The first-order chi connectivity index (χ1) is 18.6. The monoisotopic (exact) mass is 516 g/mol. The van der Waals surface area contributed by atoms with Gasteiger partial charge < -0.3 is 14.5 Å². The Hall–Kier alpha value is -2.75. The molecular weight excluding hydrogens is 480 g/mol. The van der Waals surface area contributed by atoms with Crippen molar-refractivity contribution in [2.75, 3.05) is 32.8 Å². The van der Waals surface area contributed by atoms with E-state index in [1.807, 2.05) is 35.2 Å². The number of hydrazine groups is 2.